The number of anilines is 1. The van der Waals surface area contributed by atoms with Crippen molar-refractivity contribution in [2.24, 2.45) is 0 Å². The van der Waals surface area contributed by atoms with E-state index in [1.165, 1.54) is 28.2 Å². The van der Waals surface area contributed by atoms with Gasteiger partial charge < -0.3 is 4.52 Å². The first kappa shape index (κ1) is 18.5. The van der Waals surface area contributed by atoms with E-state index in [1.807, 2.05) is 19.3 Å². The van der Waals surface area contributed by atoms with Crippen molar-refractivity contribution < 1.29 is 9.10 Å². The third-order valence-corrected chi connectivity index (χ3v) is 6.87. The van der Waals surface area contributed by atoms with Crippen LogP contribution in [0, 0.1) is 6.92 Å². The monoisotopic (exact) mass is 412 g/mol. The van der Waals surface area contributed by atoms with E-state index < -0.39 is 0 Å². The highest BCUT2D eigenvalue weighted by atomic mass is 16.5. The van der Waals surface area contributed by atoms with Crippen LogP contribution in [0.15, 0.2) is 53.5 Å². The normalized spacial score (nSPS) is 19.1. The predicted octanol–water partition coefficient (Wildman–Crippen LogP) is 4.23. The Morgan fingerprint density at radius 1 is 1.10 bits per heavy atom. The van der Waals surface area contributed by atoms with Gasteiger partial charge >= 0.3 is 0 Å². The SMILES string of the molecule is Cc1noc(C2(c3cncc(-c4ccc5c(c4)CCC4=[N+](C)CCC=CN45)c3)CC2)n1. The van der Waals surface area contributed by atoms with E-state index in [2.05, 4.69) is 68.2 Å². The van der Waals surface area contributed by atoms with Crippen LogP contribution in [0.2, 0.25) is 0 Å². The summed E-state index contributed by atoms with van der Waals surface area (Å²) in [6.45, 7) is 2.94. The highest BCUT2D eigenvalue weighted by molar-refractivity contribution is 5.99. The molecular weight excluding hydrogens is 386 g/mol. The van der Waals surface area contributed by atoms with Gasteiger partial charge in [-0.2, -0.15) is 4.98 Å². The van der Waals surface area contributed by atoms with Crippen LogP contribution in [0.4, 0.5) is 5.69 Å². The number of hydrogen-bond acceptors (Lipinski definition) is 5. The maximum absolute atomic E-state index is 5.53. The highest BCUT2D eigenvalue weighted by Gasteiger charge is 2.51. The molecule has 3 aliphatic rings. The fourth-order valence-corrected chi connectivity index (χ4v) is 4.93. The molecular formula is C25H26N5O+. The molecule has 156 valence electrons. The lowest BCUT2D eigenvalue weighted by atomic mass is 9.92. The average molecular weight is 413 g/mol. The molecule has 2 aromatic heterocycles. The van der Waals surface area contributed by atoms with Gasteiger partial charge in [0, 0.05) is 29.9 Å². The fraction of sp³-hybridized carbons (Fsp3) is 0.360. The summed E-state index contributed by atoms with van der Waals surface area (Å²) in [7, 11) is 2.20. The molecule has 0 amide bonds. The third kappa shape index (κ3) is 3.00. The van der Waals surface area contributed by atoms with Crippen molar-refractivity contribution in [3.63, 3.8) is 0 Å². The van der Waals surface area contributed by atoms with Crippen molar-refractivity contribution >= 4 is 11.5 Å². The molecule has 6 nitrogen and oxygen atoms in total. The Balaban J connectivity index is 1.37. The topological polar surface area (TPSA) is 58.1 Å². The van der Waals surface area contributed by atoms with Crippen LogP contribution in [0.5, 0.6) is 0 Å². The van der Waals surface area contributed by atoms with Gasteiger partial charge in [-0.25, -0.2) is 4.90 Å². The standard InChI is InChI=1S/C25H26N5O/c1-17-27-24(31-28-17)25(9-10-25)21-14-20(15-26-16-21)18-5-7-22-19(13-18)6-8-23-29(2)11-3-4-12-30(22)23/h4-5,7,12-16H,3,6,8-11H2,1-2H3/q+1. The van der Waals surface area contributed by atoms with Crippen molar-refractivity contribution in [1.82, 2.24) is 15.1 Å². The van der Waals surface area contributed by atoms with Crippen molar-refractivity contribution in [3.05, 3.63) is 71.8 Å². The van der Waals surface area contributed by atoms with E-state index in [-0.39, 0.29) is 5.41 Å². The number of rotatable bonds is 3. The van der Waals surface area contributed by atoms with E-state index >= 15 is 0 Å². The molecule has 6 rings (SSSR count). The molecule has 0 spiro atoms. The van der Waals surface area contributed by atoms with Gasteiger partial charge in [-0.3, -0.25) is 9.56 Å². The summed E-state index contributed by atoms with van der Waals surface area (Å²) < 4.78 is 7.92. The maximum Gasteiger partial charge on any atom is 0.256 e. The average Bonchev–Trinajstić information content (AvgIpc) is 3.53. The summed E-state index contributed by atoms with van der Waals surface area (Å²) in [5.74, 6) is 2.79. The molecule has 4 heterocycles. The Kier molecular flexibility index (Phi) is 4.10. The number of benzene rings is 1. The lowest BCUT2D eigenvalue weighted by Crippen LogP contribution is -2.36. The number of aryl methyl sites for hydroxylation is 2. The minimum absolute atomic E-state index is 0.163. The Morgan fingerprint density at radius 2 is 2.00 bits per heavy atom. The van der Waals surface area contributed by atoms with E-state index in [0.717, 1.165) is 50.1 Å². The number of nitrogens with zero attached hydrogens (tertiary/aromatic N) is 5. The second-order valence-corrected chi connectivity index (χ2v) is 8.92. The minimum Gasteiger partial charge on any atom is -0.338 e. The van der Waals surface area contributed by atoms with Crippen molar-refractivity contribution in [3.8, 4) is 11.1 Å². The van der Waals surface area contributed by atoms with Crippen LogP contribution in [0.1, 0.15) is 48.5 Å². The number of amidine groups is 1. The Hall–Kier alpha value is -3.28. The second-order valence-electron chi connectivity index (χ2n) is 8.92. The number of aromatic nitrogens is 3. The molecule has 0 bridgehead atoms. The molecule has 6 heteroatoms. The minimum atomic E-state index is -0.163. The van der Waals surface area contributed by atoms with Gasteiger partial charge in [-0.1, -0.05) is 11.2 Å². The zero-order valence-corrected chi connectivity index (χ0v) is 18.0. The fourth-order valence-electron chi connectivity index (χ4n) is 4.93. The second kappa shape index (κ2) is 6.87. The summed E-state index contributed by atoms with van der Waals surface area (Å²) >= 11 is 0. The molecule has 3 aromatic rings. The summed E-state index contributed by atoms with van der Waals surface area (Å²) in [5.41, 5.74) is 6.03. The molecule has 0 saturated heterocycles. The van der Waals surface area contributed by atoms with Crippen molar-refractivity contribution in [2.75, 3.05) is 18.5 Å². The largest absolute Gasteiger partial charge is 0.338 e. The van der Waals surface area contributed by atoms with Crippen LogP contribution in [0.3, 0.4) is 0 Å². The molecule has 0 radical (unpaired) electrons. The van der Waals surface area contributed by atoms with Crippen molar-refractivity contribution in [2.45, 2.75) is 44.4 Å². The molecule has 1 aromatic carbocycles. The van der Waals surface area contributed by atoms with E-state index in [0.29, 0.717) is 5.82 Å². The Morgan fingerprint density at radius 3 is 2.81 bits per heavy atom. The maximum atomic E-state index is 5.53. The molecule has 2 aliphatic heterocycles. The van der Waals surface area contributed by atoms with Gasteiger partial charge in [0.05, 0.1) is 31.6 Å². The molecule has 1 aliphatic carbocycles. The van der Waals surface area contributed by atoms with Crippen LogP contribution in [-0.4, -0.2) is 39.1 Å². The lowest BCUT2D eigenvalue weighted by Gasteiger charge is -2.24. The number of hydrogen-bond donors (Lipinski definition) is 0. The van der Waals surface area contributed by atoms with Crippen molar-refractivity contribution in [1.29, 1.82) is 0 Å². The van der Waals surface area contributed by atoms with Gasteiger partial charge in [0.25, 0.3) is 5.84 Å². The summed E-state index contributed by atoms with van der Waals surface area (Å²) in [5, 5.41) is 4.00. The van der Waals surface area contributed by atoms with E-state index in [4.69, 9.17) is 4.52 Å². The zero-order chi connectivity index (χ0) is 21.0. The first-order chi connectivity index (χ1) is 15.1. The van der Waals surface area contributed by atoms with Gasteiger partial charge in [0.15, 0.2) is 5.82 Å². The summed E-state index contributed by atoms with van der Waals surface area (Å²) in [6.07, 6.45) is 13.7. The molecule has 1 fully saturated rings. The smallest absolute Gasteiger partial charge is 0.256 e. The van der Waals surface area contributed by atoms with Crippen LogP contribution in [-0.2, 0) is 11.8 Å². The summed E-state index contributed by atoms with van der Waals surface area (Å²) in [6, 6.07) is 9.06. The molecule has 0 unspecified atom stereocenters. The van der Waals surface area contributed by atoms with Crippen LogP contribution >= 0.6 is 0 Å². The molecule has 0 atom stereocenters. The molecule has 0 N–H and O–H groups in total. The Labute approximate surface area is 181 Å². The third-order valence-electron chi connectivity index (χ3n) is 6.87. The number of fused-ring (bicyclic) bond motifs is 3. The number of pyridine rings is 1. The molecule has 31 heavy (non-hydrogen) atoms. The van der Waals surface area contributed by atoms with Crippen LogP contribution < -0.4 is 4.90 Å². The zero-order valence-electron chi connectivity index (χ0n) is 18.0. The van der Waals surface area contributed by atoms with E-state index in [9.17, 15) is 0 Å². The van der Waals surface area contributed by atoms with Gasteiger partial charge in [0.2, 0.25) is 5.89 Å². The summed E-state index contributed by atoms with van der Waals surface area (Å²) in [4.78, 5) is 11.4. The molecule has 1 saturated carbocycles. The first-order valence-electron chi connectivity index (χ1n) is 11.1. The predicted molar refractivity (Wildman–Crippen MR) is 119 cm³/mol. The highest BCUT2D eigenvalue weighted by Crippen LogP contribution is 2.53. The van der Waals surface area contributed by atoms with Crippen LogP contribution in [0.25, 0.3) is 11.1 Å². The Bertz CT molecular complexity index is 1230. The van der Waals surface area contributed by atoms with Gasteiger partial charge in [-0.05, 0) is 61.6 Å². The van der Waals surface area contributed by atoms with Gasteiger partial charge in [0.1, 0.15) is 5.69 Å². The van der Waals surface area contributed by atoms with Gasteiger partial charge in [-0.15, -0.1) is 0 Å². The van der Waals surface area contributed by atoms with E-state index in [1.54, 1.807) is 0 Å². The quantitative estimate of drug-likeness (QED) is 0.603. The lowest BCUT2D eigenvalue weighted by molar-refractivity contribution is -0.497. The first-order valence-corrected chi connectivity index (χ1v) is 11.1.